The second-order valence-electron chi connectivity index (χ2n) is 6.88. The van der Waals surface area contributed by atoms with Gasteiger partial charge in [0.05, 0.1) is 6.61 Å². The molecule has 0 spiro atoms. The molecule has 0 heterocycles. The van der Waals surface area contributed by atoms with E-state index in [4.69, 9.17) is 32.7 Å². The normalized spacial score (nSPS) is 10.5. The molecule has 0 aliphatic carbocycles. The highest BCUT2D eigenvalue weighted by atomic mass is 35.5. The third-order valence-corrected chi connectivity index (χ3v) is 5.12. The summed E-state index contributed by atoms with van der Waals surface area (Å²) in [5, 5.41) is 7.44. The number of anilines is 2. The molecule has 7 heteroatoms. The summed E-state index contributed by atoms with van der Waals surface area (Å²) in [7, 11) is 0. The Kier molecular flexibility index (Phi) is 8.04. The summed E-state index contributed by atoms with van der Waals surface area (Å²) in [5.41, 5.74) is 3.64. The summed E-state index contributed by atoms with van der Waals surface area (Å²) in [5.74, 6) is 0.824. The third-order valence-electron chi connectivity index (χ3n) is 4.46. The molecule has 162 valence electrons. The minimum Gasteiger partial charge on any atom is -0.490 e. The Bertz CT molecular complexity index is 1040. The lowest BCUT2D eigenvalue weighted by Crippen LogP contribution is -2.20. The minimum absolute atomic E-state index is 0.137. The second kappa shape index (κ2) is 10.9. The number of carbonyl (C=O) groups is 1. The molecule has 0 atom stereocenters. The van der Waals surface area contributed by atoms with Crippen LogP contribution in [-0.2, 0) is 11.3 Å². The fourth-order valence-electron chi connectivity index (χ4n) is 2.83. The highest BCUT2D eigenvalue weighted by Gasteiger charge is 2.10. The molecule has 5 nitrogen and oxygen atoms in total. The number of carbonyl (C=O) groups excluding carboxylic acids is 1. The Balaban J connectivity index is 1.60. The molecule has 0 saturated heterocycles. The molecular formula is C24H24Cl2N2O3. The molecule has 3 rings (SSSR count). The molecular weight excluding hydrogens is 435 g/mol. The van der Waals surface area contributed by atoms with Crippen LogP contribution in [0.1, 0.15) is 18.1 Å². The van der Waals surface area contributed by atoms with Crippen molar-refractivity contribution in [3.63, 3.8) is 0 Å². The fraction of sp³-hybridized carbons (Fsp3) is 0.208. The van der Waals surface area contributed by atoms with Crippen LogP contribution in [0.2, 0.25) is 10.0 Å². The molecule has 0 fully saturated rings. The Morgan fingerprint density at radius 2 is 1.65 bits per heavy atom. The fourth-order valence-corrected chi connectivity index (χ4v) is 3.14. The molecule has 3 aromatic rings. The third kappa shape index (κ3) is 6.81. The van der Waals surface area contributed by atoms with Crippen LogP contribution in [0.15, 0.2) is 60.7 Å². The van der Waals surface area contributed by atoms with Gasteiger partial charge in [-0.05, 0) is 73.5 Å². The number of aryl methyl sites for hydroxylation is 1. The zero-order valence-corrected chi connectivity index (χ0v) is 18.9. The quantitative estimate of drug-likeness (QED) is 0.393. The molecule has 0 aromatic heterocycles. The van der Waals surface area contributed by atoms with E-state index in [0.29, 0.717) is 35.4 Å². The van der Waals surface area contributed by atoms with E-state index < -0.39 is 0 Å². The van der Waals surface area contributed by atoms with E-state index in [2.05, 4.69) is 10.6 Å². The first-order valence-corrected chi connectivity index (χ1v) is 10.6. The van der Waals surface area contributed by atoms with E-state index in [1.807, 2.05) is 44.2 Å². The number of ether oxygens (including phenoxy) is 2. The van der Waals surface area contributed by atoms with Crippen molar-refractivity contribution >= 4 is 40.5 Å². The predicted octanol–water partition coefficient (Wildman–Crippen LogP) is 6.33. The molecule has 0 unspecified atom stereocenters. The van der Waals surface area contributed by atoms with Gasteiger partial charge in [0.1, 0.15) is 0 Å². The van der Waals surface area contributed by atoms with Gasteiger partial charge in [-0.1, -0.05) is 35.3 Å². The molecule has 0 radical (unpaired) electrons. The Hall–Kier alpha value is -2.89. The number of rotatable bonds is 9. The summed E-state index contributed by atoms with van der Waals surface area (Å²) >= 11 is 12.0. The van der Waals surface area contributed by atoms with Crippen molar-refractivity contribution in [2.45, 2.75) is 20.4 Å². The number of hydrogen-bond acceptors (Lipinski definition) is 4. The number of amides is 1. The zero-order valence-electron chi connectivity index (χ0n) is 17.4. The largest absolute Gasteiger partial charge is 0.490 e. The standard InChI is InChI=1S/C24H24Cl2N2O3/c1-3-30-23-12-17(14-27-20-8-4-16(2)21(26)13-20)5-11-22(23)31-15-24(29)28-19-9-6-18(25)7-10-19/h4-13,27H,3,14-15H2,1-2H3,(H,28,29). The van der Waals surface area contributed by atoms with E-state index in [1.54, 1.807) is 30.3 Å². The van der Waals surface area contributed by atoms with E-state index >= 15 is 0 Å². The van der Waals surface area contributed by atoms with Gasteiger partial charge >= 0.3 is 0 Å². The smallest absolute Gasteiger partial charge is 0.262 e. The minimum atomic E-state index is -0.272. The number of nitrogens with one attached hydrogen (secondary N) is 2. The lowest BCUT2D eigenvalue weighted by atomic mass is 10.2. The molecule has 3 aromatic carbocycles. The van der Waals surface area contributed by atoms with Crippen LogP contribution < -0.4 is 20.1 Å². The molecule has 0 aliphatic heterocycles. The van der Waals surface area contributed by atoms with Crippen LogP contribution in [0.5, 0.6) is 11.5 Å². The monoisotopic (exact) mass is 458 g/mol. The lowest BCUT2D eigenvalue weighted by Gasteiger charge is -2.14. The first kappa shape index (κ1) is 22.8. The van der Waals surface area contributed by atoms with Gasteiger partial charge in [-0.3, -0.25) is 4.79 Å². The van der Waals surface area contributed by atoms with E-state index in [1.165, 1.54) is 0 Å². The van der Waals surface area contributed by atoms with Gasteiger partial charge in [-0.25, -0.2) is 0 Å². The zero-order chi connectivity index (χ0) is 22.2. The molecule has 2 N–H and O–H groups in total. The summed E-state index contributed by atoms with van der Waals surface area (Å²) in [6.07, 6.45) is 0. The maximum atomic E-state index is 12.2. The number of hydrogen-bond donors (Lipinski definition) is 2. The topological polar surface area (TPSA) is 59.6 Å². The maximum Gasteiger partial charge on any atom is 0.262 e. The average Bonchev–Trinajstić information content (AvgIpc) is 2.76. The molecule has 0 bridgehead atoms. The molecule has 1 amide bonds. The van der Waals surface area contributed by atoms with Gasteiger partial charge < -0.3 is 20.1 Å². The summed E-state index contributed by atoms with van der Waals surface area (Å²) in [4.78, 5) is 12.2. The van der Waals surface area contributed by atoms with Gasteiger partial charge in [-0.2, -0.15) is 0 Å². The number of halogens is 2. The maximum absolute atomic E-state index is 12.2. The molecule has 31 heavy (non-hydrogen) atoms. The van der Waals surface area contributed by atoms with Crippen molar-refractivity contribution < 1.29 is 14.3 Å². The Morgan fingerprint density at radius 1 is 0.903 bits per heavy atom. The first-order valence-electron chi connectivity index (χ1n) is 9.88. The highest BCUT2D eigenvalue weighted by molar-refractivity contribution is 6.31. The van der Waals surface area contributed by atoms with Crippen LogP contribution in [0, 0.1) is 6.92 Å². The summed E-state index contributed by atoms with van der Waals surface area (Å²) in [6, 6.07) is 18.4. The highest BCUT2D eigenvalue weighted by Crippen LogP contribution is 2.29. The predicted molar refractivity (Wildman–Crippen MR) is 127 cm³/mol. The van der Waals surface area contributed by atoms with Gasteiger partial charge in [-0.15, -0.1) is 0 Å². The van der Waals surface area contributed by atoms with E-state index in [-0.39, 0.29) is 12.5 Å². The summed E-state index contributed by atoms with van der Waals surface area (Å²) in [6.45, 7) is 4.81. The van der Waals surface area contributed by atoms with E-state index in [0.717, 1.165) is 21.8 Å². The van der Waals surface area contributed by atoms with Crippen molar-refractivity contribution in [1.82, 2.24) is 0 Å². The van der Waals surface area contributed by atoms with Crippen LogP contribution in [0.4, 0.5) is 11.4 Å². The van der Waals surface area contributed by atoms with Crippen molar-refractivity contribution in [3.8, 4) is 11.5 Å². The van der Waals surface area contributed by atoms with Crippen molar-refractivity contribution in [1.29, 1.82) is 0 Å². The van der Waals surface area contributed by atoms with Gasteiger partial charge in [0, 0.05) is 28.0 Å². The Morgan fingerprint density at radius 3 is 2.35 bits per heavy atom. The lowest BCUT2D eigenvalue weighted by molar-refractivity contribution is -0.118. The first-order chi connectivity index (χ1) is 14.9. The van der Waals surface area contributed by atoms with Crippen LogP contribution in [-0.4, -0.2) is 19.1 Å². The van der Waals surface area contributed by atoms with Crippen LogP contribution in [0.3, 0.4) is 0 Å². The number of benzene rings is 3. The Labute approximate surface area is 192 Å². The molecule has 0 saturated carbocycles. The average molecular weight is 459 g/mol. The second-order valence-corrected chi connectivity index (χ2v) is 7.72. The van der Waals surface area contributed by atoms with Gasteiger partial charge in [0.15, 0.2) is 18.1 Å². The van der Waals surface area contributed by atoms with Gasteiger partial charge in [0.25, 0.3) is 5.91 Å². The summed E-state index contributed by atoms with van der Waals surface area (Å²) < 4.78 is 11.4. The van der Waals surface area contributed by atoms with Crippen LogP contribution >= 0.6 is 23.2 Å². The SMILES string of the molecule is CCOc1cc(CNc2ccc(C)c(Cl)c2)ccc1OCC(=O)Nc1ccc(Cl)cc1. The van der Waals surface area contributed by atoms with Crippen molar-refractivity contribution in [3.05, 3.63) is 81.8 Å². The van der Waals surface area contributed by atoms with Crippen molar-refractivity contribution in [2.75, 3.05) is 23.8 Å². The van der Waals surface area contributed by atoms with Crippen LogP contribution in [0.25, 0.3) is 0 Å². The molecule has 0 aliphatic rings. The van der Waals surface area contributed by atoms with Gasteiger partial charge in [0.2, 0.25) is 0 Å². The van der Waals surface area contributed by atoms with E-state index in [9.17, 15) is 4.79 Å². The van der Waals surface area contributed by atoms with Crippen molar-refractivity contribution in [2.24, 2.45) is 0 Å².